The van der Waals surface area contributed by atoms with Gasteiger partial charge in [0, 0.05) is 10.6 Å². The topological polar surface area (TPSA) is 65.0 Å². The van der Waals surface area contributed by atoms with Crippen LogP contribution in [-0.4, -0.2) is 36.6 Å². The molecule has 0 bridgehead atoms. The summed E-state index contributed by atoms with van der Waals surface area (Å²) >= 11 is 3.86. The molecular formula is C27H27IO5S. The standard InChI is InChI=1S/C27H27IO5S/c1-3-31-21-9-5-7-19(15-21)24(20-8-6-10-22(16-20)32-4-2)13-14-34-23-11-12-26(25(28)17-23)33-18-27(29)30/h5-13,15-17H,3-4,14,18H2,1-2H3,(H,29,30). The lowest BCUT2D eigenvalue weighted by molar-refractivity contribution is -0.139. The Balaban J connectivity index is 1.84. The number of carbonyl (C=O) groups is 1. The molecule has 0 saturated carbocycles. The summed E-state index contributed by atoms with van der Waals surface area (Å²) in [6.07, 6.45) is 2.21. The van der Waals surface area contributed by atoms with E-state index in [0.29, 0.717) is 19.0 Å². The van der Waals surface area contributed by atoms with E-state index in [9.17, 15) is 4.79 Å². The monoisotopic (exact) mass is 590 g/mol. The third-order valence-electron chi connectivity index (χ3n) is 4.70. The fourth-order valence-corrected chi connectivity index (χ4v) is 4.98. The van der Waals surface area contributed by atoms with Crippen molar-refractivity contribution in [3.63, 3.8) is 0 Å². The molecule has 178 valence electrons. The number of rotatable bonds is 12. The minimum atomic E-state index is -0.992. The van der Waals surface area contributed by atoms with Crippen LogP contribution in [0.25, 0.3) is 5.57 Å². The van der Waals surface area contributed by atoms with Gasteiger partial charge in [-0.1, -0.05) is 30.3 Å². The van der Waals surface area contributed by atoms with Gasteiger partial charge < -0.3 is 19.3 Å². The number of hydrogen-bond donors (Lipinski definition) is 1. The Morgan fingerprint density at radius 3 is 2.06 bits per heavy atom. The quantitative estimate of drug-likeness (QED) is 0.186. The number of ether oxygens (including phenoxy) is 3. The van der Waals surface area contributed by atoms with E-state index in [1.807, 2.05) is 56.3 Å². The van der Waals surface area contributed by atoms with Crippen LogP contribution < -0.4 is 14.2 Å². The molecule has 3 aromatic carbocycles. The molecule has 7 heteroatoms. The molecule has 0 radical (unpaired) electrons. The lowest BCUT2D eigenvalue weighted by Crippen LogP contribution is -2.10. The first kappa shape index (κ1) is 26.0. The number of halogens is 1. The van der Waals surface area contributed by atoms with Crippen molar-refractivity contribution in [2.45, 2.75) is 18.7 Å². The average molecular weight is 590 g/mol. The predicted molar refractivity (Wildman–Crippen MR) is 145 cm³/mol. The highest BCUT2D eigenvalue weighted by Crippen LogP contribution is 2.31. The van der Waals surface area contributed by atoms with Gasteiger partial charge in [0.05, 0.1) is 16.8 Å². The number of benzene rings is 3. The summed E-state index contributed by atoms with van der Waals surface area (Å²) in [5, 5.41) is 8.82. The smallest absolute Gasteiger partial charge is 0.341 e. The van der Waals surface area contributed by atoms with E-state index in [1.54, 1.807) is 11.8 Å². The van der Waals surface area contributed by atoms with Crippen molar-refractivity contribution < 1.29 is 24.1 Å². The number of carboxylic acid groups (broad SMARTS) is 1. The summed E-state index contributed by atoms with van der Waals surface area (Å²) < 4.78 is 17.6. The molecule has 0 fully saturated rings. The first-order chi connectivity index (χ1) is 16.5. The zero-order chi connectivity index (χ0) is 24.3. The summed E-state index contributed by atoms with van der Waals surface area (Å²) in [5.74, 6) is 2.01. The first-order valence-corrected chi connectivity index (χ1v) is 13.0. The zero-order valence-electron chi connectivity index (χ0n) is 19.1. The fourth-order valence-electron chi connectivity index (χ4n) is 3.29. The van der Waals surface area contributed by atoms with Crippen molar-refractivity contribution in [2.24, 2.45) is 0 Å². The molecular weight excluding hydrogens is 563 g/mol. The zero-order valence-corrected chi connectivity index (χ0v) is 22.1. The van der Waals surface area contributed by atoms with Crippen LogP contribution >= 0.6 is 34.4 Å². The molecule has 0 aliphatic heterocycles. The summed E-state index contributed by atoms with van der Waals surface area (Å²) in [7, 11) is 0. The number of carboxylic acids is 1. The van der Waals surface area contributed by atoms with Gasteiger partial charge in [-0.05, 0) is 95.6 Å². The highest BCUT2D eigenvalue weighted by Gasteiger charge is 2.09. The van der Waals surface area contributed by atoms with Gasteiger partial charge in [0.1, 0.15) is 17.2 Å². The molecule has 0 atom stereocenters. The van der Waals surface area contributed by atoms with Gasteiger partial charge in [-0.15, -0.1) is 11.8 Å². The lowest BCUT2D eigenvalue weighted by atomic mass is 9.97. The van der Waals surface area contributed by atoms with Crippen molar-refractivity contribution in [1.82, 2.24) is 0 Å². The van der Waals surface area contributed by atoms with Crippen molar-refractivity contribution in [1.29, 1.82) is 0 Å². The maximum Gasteiger partial charge on any atom is 0.341 e. The first-order valence-electron chi connectivity index (χ1n) is 10.9. The third-order valence-corrected chi connectivity index (χ3v) is 6.47. The molecule has 5 nitrogen and oxygen atoms in total. The van der Waals surface area contributed by atoms with Gasteiger partial charge in [0.15, 0.2) is 6.61 Å². The fraction of sp³-hybridized carbons (Fsp3) is 0.222. The van der Waals surface area contributed by atoms with Gasteiger partial charge in [-0.25, -0.2) is 4.79 Å². The third kappa shape index (κ3) is 7.70. The minimum absolute atomic E-state index is 0.351. The van der Waals surface area contributed by atoms with Gasteiger partial charge in [0.25, 0.3) is 0 Å². The Labute approximate surface area is 218 Å². The van der Waals surface area contributed by atoms with E-state index in [1.165, 1.54) is 0 Å². The van der Waals surface area contributed by atoms with Crippen LogP contribution in [-0.2, 0) is 4.79 Å². The Morgan fingerprint density at radius 1 is 0.912 bits per heavy atom. The Morgan fingerprint density at radius 2 is 1.53 bits per heavy atom. The van der Waals surface area contributed by atoms with Crippen LogP contribution in [0.4, 0.5) is 0 Å². The van der Waals surface area contributed by atoms with Crippen molar-refractivity contribution in [3.05, 3.63) is 87.5 Å². The maximum absolute atomic E-state index is 10.8. The van der Waals surface area contributed by atoms with Gasteiger partial charge in [-0.3, -0.25) is 0 Å². The van der Waals surface area contributed by atoms with Crippen LogP contribution in [0.3, 0.4) is 0 Å². The number of aliphatic carboxylic acids is 1. The van der Waals surface area contributed by atoms with E-state index >= 15 is 0 Å². The molecule has 0 spiro atoms. The van der Waals surface area contributed by atoms with Crippen molar-refractivity contribution in [2.75, 3.05) is 25.6 Å². The van der Waals surface area contributed by atoms with Gasteiger partial charge >= 0.3 is 5.97 Å². The summed E-state index contributed by atoms with van der Waals surface area (Å²) in [6, 6.07) is 22.0. The highest BCUT2D eigenvalue weighted by molar-refractivity contribution is 14.1. The molecule has 0 aliphatic carbocycles. The molecule has 3 rings (SSSR count). The van der Waals surface area contributed by atoms with E-state index in [4.69, 9.17) is 19.3 Å². The van der Waals surface area contributed by atoms with E-state index in [0.717, 1.165) is 42.4 Å². The Bertz CT molecular complexity index is 1090. The second-order valence-electron chi connectivity index (χ2n) is 7.13. The SMILES string of the molecule is CCOc1cccc(C(=CCSc2ccc(OCC(=O)O)c(I)c2)c2cccc(OCC)c2)c1. The van der Waals surface area contributed by atoms with Crippen LogP contribution in [0.5, 0.6) is 17.2 Å². The molecule has 0 aliphatic rings. The van der Waals surface area contributed by atoms with Crippen LogP contribution in [0, 0.1) is 3.57 Å². The normalized spacial score (nSPS) is 10.4. The van der Waals surface area contributed by atoms with E-state index in [-0.39, 0.29) is 6.61 Å². The molecule has 3 aromatic rings. The number of hydrogen-bond acceptors (Lipinski definition) is 5. The number of thioether (sulfide) groups is 1. The summed E-state index contributed by atoms with van der Waals surface area (Å²) in [4.78, 5) is 11.8. The molecule has 0 saturated heterocycles. The van der Waals surface area contributed by atoms with E-state index < -0.39 is 5.97 Å². The van der Waals surface area contributed by atoms with Gasteiger partial charge in [-0.2, -0.15) is 0 Å². The molecule has 0 unspecified atom stereocenters. The largest absolute Gasteiger partial charge is 0.494 e. The summed E-state index contributed by atoms with van der Waals surface area (Å²) in [5.41, 5.74) is 3.26. The van der Waals surface area contributed by atoms with Crippen LogP contribution in [0.15, 0.2) is 77.7 Å². The lowest BCUT2D eigenvalue weighted by Gasteiger charge is -2.13. The second-order valence-corrected chi connectivity index (χ2v) is 9.38. The van der Waals surface area contributed by atoms with E-state index in [2.05, 4.69) is 52.9 Å². The molecule has 0 heterocycles. The Hall–Kier alpha value is -2.65. The minimum Gasteiger partial charge on any atom is -0.494 e. The summed E-state index contributed by atoms with van der Waals surface area (Å²) in [6.45, 7) is 4.83. The second kappa shape index (κ2) is 13.3. The molecule has 34 heavy (non-hydrogen) atoms. The van der Waals surface area contributed by atoms with Crippen LogP contribution in [0.2, 0.25) is 0 Å². The highest BCUT2D eigenvalue weighted by atomic mass is 127. The molecule has 0 amide bonds. The Kier molecular flexibility index (Phi) is 10.2. The maximum atomic E-state index is 10.8. The van der Waals surface area contributed by atoms with Crippen molar-refractivity contribution >= 4 is 45.9 Å². The molecule has 1 N–H and O–H groups in total. The van der Waals surface area contributed by atoms with Crippen LogP contribution in [0.1, 0.15) is 25.0 Å². The average Bonchev–Trinajstić information content (AvgIpc) is 2.82. The predicted octanol–water partition coefficient (Wildman–Crippen LogP) is 6.78. The van der Waals surface area contributed by atoms with Gasteiger partial charge in [0.2, 0.25) is 0 Å². The molecule has 0 aromatic heterocycles. The van der Waals surface area contributed by atoms with Crippen molar-refractivity contribution in [3.8, 4) is 17.2 Å².